The molecule has 0 bridgehead atoms. The van der Waals surface area contributed by atoms with Crippen LogP contribution in [0.4, 0.5) is 4.39 Å². The van der Waals surface area contributed by atoms with Crippen molar-refractivity contribution < 1.29 is 13.9 Å². The number of carbonyl (C=O) groups is 1. The number of hydrogen-bond acceptors (Lipinski definition) is 3. The van der Waals surface area contributed by atoms with E-state index >= 15 is 0 Å². The van der Waals surface area contributed by atoms with Crippen molar-refractivity contribution in [1.82, 2.24) is 9.88 Å². The summed E-state index contributed by atoms with van der Waals surface area (Å²) in [7, 11) is 1.56. The maximum Gasteiger partial charge on any atom is 0.272 e. The SMILES string of the molecule is CCN(Cc1c(F)cccc1Cl)C(=O)c1cccc(COC)n1. The smallest absolute Gasteiger partial charge is 0.272 e. The monoisotopic (exact) mass is 336 g/mol. The van der Waals surface area contributed by atoms with Gasteiger partial charge in [-0.1, -0.05) is 23.7 Å². The third kappa shape index (κ3) is 4.27. The van der Waals surface area contributed by atoms with Gasteiger partial charge in [0.1, 0.15) is 11.5 Å². The lowest BCUT2D eigenvalue weighted by Gasteiger charge is -2.21. The van der Waals surface area contributed by atoms with Crippen molar-refractivity contribution in [2.24, 2.45) is 0 Å². The molecular weight excluding hydrogens is 319 g/mol. The van der Waals surface area contributed by atoms with Crippen LogP contribution in [0.5, 0.6) is 0 Å². The second-order valence-corrected chi connectivity index (χ2v) is 5.37. The van der Waals surface area contributed by atoms with Crippen LogP contribution in [0.3, 0.4) is 0 Å². The van der Waals surface area contributed by atoms with Gasteiger partial charge in [-0.05, 0) is 31.2 Å². The van der Waals surface area contributed by atoms with Crippen molar-refractivity contribution >= 4 is 17.5 Å². The molecule has 0 fully saturated rings. The second-order valence-electron chi connectivity index (χ2n) is 4.97. The molecule has 1 aromatic carbocycles. The van der Waals surface area contributed by atoms with Crippen molar-refractivity contribution in [1.29, 1.82) is 0 Å². The second kappa shape index (κ2) is 8.04. The van der Waals surface area contributed by atoms with E-state index in [1.54, 1.807) is 31.4 Å². The molecule has 4 nitrogen and oxygen atoms in total. The van der Waals surface area contributed by atoms with Gasteiger partial charge in [0, 0.05) is 24.2 Å². The molecule has 0 aliphatic carbocycles. The number of amides is 1. The van der Waals surface area contributed by atoms with Gasteiger partial charge in [0.25, 0.3) is 5.91 Å². The average Bonchev–Trinajstić information content (AvgIpc) is 2.55. The maximum absolute atomic E-state index is 13.9. The fourth-order valence-electron chi connectivity index (χ4n) is 2.19. The molecule has 0 radical (unpaired) electrons. The minimum Gasteiger partial charge on any atom is -0.378 e. The maximum atomic E-state index is 13.9. The van der Waals surface area contributed by atoms with Gasteiger partial charge >= 0.3 is 0 Å². The quantitative estimate of drug-likeness (QED) is 0.808. The van der Waals surface area contributed by atoms with E-state index in [1.165, 1.54) is 17.0 Å². The van der Waals surface area contributed by atoms with Crippen LogP contribution in [0, 0.1) is 5.82 Å². The molecule has 0 atom stereocenters. The lowest BCUT2D eigenvalue weighted by atomic mass is 10.2. The first-order valence-corrected chi connectivity index (χ1v) is 7.61. The van der Waals surface area contributed by atoms with Crippen molar-refractivity contribution in [2.45, 2.75) is 20.1 Å². The molecular formula is C17H18ClFN2O2. The number of methoxy groups -OCH3 is 1. The van der Waals surface area contributed by atoms with Gasteiger partial charge in [-0.2, -0.15) is 0 Å². The van der Waals surface area contributed by atoms with Crippen molar-refractivity contribution in [3.05, 3.63) is 64.2 Å². The molecule has 1 aromatic heterocycles. The molecule has 6 heteroatoms. The molecule has 2 aromatic rings. The van der Waals surface area contributed by atoms with E-state index in [1.807, 2.05) is 6.92 Å². The van der Waals surface area contributed by atoms with Crippen LogP contribution in [-0.2, 0) is 17.9 Å². The van der Waals surface area contributed by atoms with Crippen LogP contribution in [0.1, 0.15) is 28.7 Å². The van der Waals surface area contributed by atoms with E-state index in [0.29, 0.717) is 35.1 Å². The molecule has 0 spiro atoms. The van der Waals surface area contributed by atoms with Gasteiger partial charge in [-0.25, -0.2) is 9.37 Å². The summed E-state index contributed by atoms with van der Waals surface area (Å²) in [6, 6.07) is 9.64. The number of ether oxygens (including phenoxy) is 1. The van der Waals surface area contributed by atoms with E-state index in [2.05, 4.69) is 4.98 Å². The highest BCUT2D eigenvalue weighted by molar-refractivity contribution is 6.31. The normalized spacial score (nSPS) is 10.6. The Balaban J connectivity index is 2.23. The van der Waals surface area contributed by atoms with E-state index in [0.717, 1.165) is 0 Å². The molecule has 2 rings (SSSR count). The Morgan fingerprint density at radius 1 is 1.30 bits per heavy atom. The van der Waals surface area contributed by atoms with Gasteiger partial charge in [0.05, 0.1) is 18.8 Å². The van der Waals surface area contributed by atoms with E-state index in [9.17, 15) is 9.18 Å². The average molecular weight is 337 g/mol. The summed E-state index contributed by atoms with van der Waals surface area (Å²) in [6.07, 6.45) is 0. The third-order valence-electron chi connectivity index (χ3n) is 3.40. The summed E-state index contributed by atoms with van der Waals surface area (Å²) >= 11 is 6.04. The van der Waals surface area contributed by atoms with Crippen molar-refractivity contribution in [3.8, 4) is 0 Å². The molecule has 23 heavy (non-hydrogen) atoms. The highest BCUT2D eigenvalue weighted by Gasteiger charge is 2.19. The molecule has 1 heterocycles. The number of pyridine rings is 1. The molecule has 0 saturated carbocycles. The number of aromatic nitrogens is 1. The van der Waals surface area contributed by atoms with Gasteiger partial charge in [0.2, 0.25) is 0 Å². The molecule has 1 amide bonds. The van der Waals surface area contributed by atoms with E-state index in [4.69, 9.17) is 16.3 Å². The Morgan fingerprint density at radius 2 is 2.04 bits per heavy atom. The van der Waals surface area contributed by atoms with Crippen LogP contribution in [0.15, 0.2) is 36.4 Å². The Kier molecular flexibility index (Phi) is 6.07. The minimum atomic E-state index is -0.426. The van der Waals surface area contributed by atoms with Crippen LogP contribution < -0.4 is 0 Å². The van der Waals surface area contributed by atoms with Crippen LogP contribution in [0.2, 0.25) is 5.02 Å². The number of carbonyl (C=O) groups excluding carboxylic acids is 1. The van der Waals surface area contributed by atoms with Gasteiger partial charge < -0.3 is 9.64 Å². The molecule has 0 aliphatic rings. The largest absolute Gasteiger partial charge is 0.378 e. The first-order valence-electron chi connectivity index (χ1n) is 7.23. The Labute approximate surface area is 139 Å². The fourth-order valence-corrected chi connectivity index (χ4v) is 2.41. The van der Waals surface area contributed by atoms with E-state index in [-0.39, 0.29) is 12.5 Å². The topological polar surface area (TPSA) is 42.4 Å². The van der Waals surface area contributed by atoms with Gasteiger partial charge in [-0.3, -0.25) is 4.79 Å². The Morgan fingerprint density at radius 3 is 2.70 bits per heavy atom. The molecule has 0 N–H and O–H groups in total. The van der Waals surface area contributed by atoms with Crippen molar-refractivity contribution in [3.63, 3.8) is 0 Å². The number of nitrogens with zero attached hydrogens (tertiary/aromatic N) is 2. The molecule has 0 saturated heterocycles. The van der Waals surface area contributed by atoms with E-state index < -0.39 is 5.82 Å². The minimum absolute atomic E-state index is 0.0943. The summed E-state index contributed by atoms with van der Waals surface area (Å²) in [5.41, 5.74) is 1.27. The van der Waals surface area contributed by atoms with Gasteiger partial charge in [0.15, 0.2) is 0 Å². The summed E-state index contributed by atoms with van der Waals surface area (Å²) < 4.78 is 18.9. The fraction of sp³-hybridized carbons (Fsp3) is 0.294. The standard InChI is InChI=1S/C17H18ClFN2O2/c1-3-21(10-13-14(18)7-5-8-15(13)19)17(22)16-9-4-6-12(20-16)11-23-2/h4-9H,3,10-11H2,1-2H3. The van der Waals surface area contributed by atoms with Crippen LogP contribution >= 0.6 is 11.6 Å². The summed E-state index contributed by atoms with van der Waals surface area (Å²) in [4.78, 5) is 18.4. The predicted octanol–water partition coefficient (Wildman–Crippen LogP) is 3.68. The number of halogens is 2. The third-order valence-corrected chi connectivity index (χ3v) is 3.75. The molecule has 122 valence electrons. The Hall–Kier alpha value is -1.98. The zero-order valence-corrected chi connectivity index (χ0v) is 13.8. The first kappa shape index (κ1) is 17.4. The van der Waals surface area contributed by atoms with Crippen molar-refractivity contribution in [2.75, 3.05) is 13.7 Å². The zero-order valence-electron chi connectivity index (χ0n) is 13.1. The summed E-state index contributed by atoms with van der Waals surface area (Å²) in [5.74, 6) is -0.699. The predicted molar refractivity (Wildman–Crippen MR) is 86.8 cm³/mol. The summed E-state index contributed by atoms with van der Waals surface area (Å²) in [6.45, 7) is 2.66. The number of rotatable bonds is 6. The number of benzene rings is 1. The lowest BCUT2D eigenvalue weighted by Crippen LogP contribution is -2.31. The molecule has 0 aliphatic heterocycles. The van der Waals surface area contributed by atoms with Gasteiger partial charge in [-0.15, -0.1) is 0 Å². The number of hydrogen-bond donors (Lipinski definition) is 0. The highest BCUT2D eigenvalue weighted by atomic mass is 35.5. The lowest BCUT2D eigenvalue weighted by molar-refractivity contribution is 0.0744. The zero-order chi connectivity index (χ0) is 16.8. The van der Waals surface area contributed by atoms with Crippen LogP contribution in [-0.4, -0.2) is 29.4 Å². The highest BCUT2D eigenvalue weighted by Crippen LogP contribution is 2.21. The Bertz CT molecular complexity index is 674. The molecule has 0 unspecified atom stereocenters. The first-order chi connectivity index (χ1) is 11.1. The summed E-state index contributed by atoms with van der Waals surface area (Å²) in [5, 5.41) is 0.303. The van der Waals surface area contributed by atoms with Crippen LogP contribution in [0.25, 0.3) is 0 Å².